The normalized spacial score (nSPS) is 11.3. The lowest BCUT2D eigenvalue weighted by Crippen LogP contribution is -2.10. The first-order valence-corrected chi connectivity index (χ1v) is 8.71. The molecule has 0 unspecified atom stereocenters. The Balaban J connectivity index is 1.92. The molecule has 1 aromatic heterocycles. The summed E-state index contributed by atoms with van der Waals surface area (Å²) in [6, 6.07) is 16.9. The van der Waals surface area contributed by atoms with Gasteiger partial charge in [0.05, 0.1) is 18.1 Å². The summed E-state index contributed by atoms with van der Waals surface area (Å²) < 4.78 is 7.52. The van der Waals surface area contributed by atoms with Gasteiger partial charge < -0.3 is 14.2 Å². The molecule has 0 aliphatic carbocycles. The Hall–Kier alpha value is -3.01. The second kappa shape index (κ2) is 6.06. The number of aromatic nitrogens is 2. The van der Waals surface area contributed by atoms with Crippen LogP contribution in [0.25, 0.3) is 33.2 Å². The number of fused-ring (bicyclic) bond motifs is 3. The zero-order chi connectivity index (χ0) is 18.4. The average Bonchev–Trinajstić information content (AvgIpc) is 2.98. The number of nitrogens with zero attached hydrogens (tertiary/aromatic N) is 3. The van der Waals surface area contributed by atoms with Crippen molar-refractivity contribution in [2.75, 3.05) is 26.1 Å². The summed E-state index contributed by atoms with van der Waals surface area (Å²) in [5, 5.41) is 2.28. The van der Waals surface area contributed by atoms with Gasteiger partial charge in [0.25, 0.3) is 0 Å². The molecule has 4 aromatic rings. The van der Waals surface area contributed by atoms with E-state index in [0.717, 1.165) is 38.9 Å². The third kappa shape index (κ3) is 2.49. The number of ether oxygens (including phenoxy) is 1. The molecule has 0 atom stereocenters. The molecule has 132 valence electrons. The van der Waals surface area contributed by atoms with Crippen molar-refractivity contribution in [2.45, 2.75) is 6.92 Å². The monoisotopic (exact) mass is 345 g/mol. The third-order valence-corrected chi connectivity index (χ3v) is 5.01. The second-order valence-corrected chi connectivity index (χ2v) is 6.91. The number of hydrogen-bond donors (Lipinski definition) is 0. The van der Waals surface area contributed by atoms with Gasteiger partial charge in [0.2, 0.25) is 0 Å². The largest absolute Gasteiger partial charge is 0.497 e. The molecule has 0 N–H and O–H groups in total. The van der Waals surface area contributed by atoms with Gasteiger partial charge in [-0.15, -0.1) is 0 Å². The minimum absolute atomic E-state index is 0.864. The molecular weight excluding hydrogens is 322 g/mol. The van der Waals surface area contributed by atoms with Gasteiger partial charge in [-0.1, -0.05) is 6.07 Å². The second-order valence-electron chi connectivity index (χ2n) is 6.91. The van der Waals surface area contributed by atoms with Crippen molar-refractivity contribution in [3.63, 3.8) is 0 Å². The highest BCUT2D eigenvalue weighted by Crippen LogP contribution is 2.32. The summed E-state index contributed by atoms with van der Waals surface area (Å²) in [6.07, 6.45) is 0. The van der Waals surface area contributed by atoms with E-state index >= 15 is 0 Å². The summed E-state index contributed by atoms with van der Waals surface area (Å²) in [7, 11) is 7.91. The Labute approximate surface area is 153 Å². The maximum atomic E-state index is 5.35. The minimum atomic E-state index is 0.864. The lowest BCUT2D eigenvalue weighted by molar-refractivity contribution is 0.415. The molecule has 0 saturated heterocycles. The van der Waals surface area contributed by atoms with Crippen LogP contribution in [0.1, 0.15) is 5.56 Å². The van der Waals surface area contributed by atoms with E-state index in [9.17, 15) is 0 Å². The van der Waals surface area contributed by atoms with Gasteiger partial charge in [-0.3, -0.25) is 0 Å². The highest BCUT2D eigenvalue weighted by molar-refractivity contribution is 6.05. The highest BCUT2D eigenvalue weighted by Gasteiger charge is 2.14. The van der Waals surface area contributed by atoms with Crippen molar-refractivity contribution in [1.29, 1.82) is 0 Å². The van der Waals surface area contributed by atoms with Crippen LogP contribution in [0.5, 0.6) is 5.75 Å². The van der Waals surface area contributed by atoms with Gasteiger partial charge in [0.1, 0.15) is 11.6 Å². The Morgan fingerprint density at radius 1 is 1.00 bits per heavy atom. The third-order valence-electron chi connectivity index (χ3n) is 5.01. The molecule has 4 rings (SSSR count). The Kier molecular flexibility index (Phi) is 3.83. The fourth-order valence-electron chi connectivity index (χ4n) is 3.64. The quantitative estimate of drug-likeness (QED) is 0.535. The summed E-state index contributed by atoms with van der Waals surface area (Å²) in [5.41, 5.74) is 5.76. The molecule has 0 amide bonds. The molecule has 0 saturated carbocycles. The SMILES string of the molecule is COc1ccc2c(ccc3c2nc(-c2ccc(N(C)C)c(C)c2)n3C)c1. The lowest BCUT2D eigenvalue weighted by Gasteiger charge is -2.16. The summed E-state index contributed by atoms with van der Waals surface area (Å²) in [4.78, 5) is 7.12. The number of methoxy groups -OCH3 is 1. The van der Waals surface area contributed by atoms with E-state index in [1.807, 2.05) is 6.07 Å². The van der Waals surface area contributed by atoms with Gasteiger partial charge in [0, 0.05) is 37.8 Å². The molecule has 0 aliphatic heterocycles. The molecule has 0 spiro atoms. The van der Waals surface area contributed by atoms with E-state index < -0.39 is 0 Å². The number of imidazole rings is 1. The molecule has 4 heteroatoms. The highest BCUT2D eigenvalue weighted by atomic mass is 16.5. The molecule has 0 fully saturated rings. The smallest absolute Gasteiger partial charge is 0.140 e. The maximum absolute atomic E-state index is 5.35. The number of benzene rings is 3. The van der Waals surface area contributed by atoms with E-state index in [-0.39, 0.29) is 0 Å². The van der Waals surface area contributed by atoms with Crippen LogP contribution in [-0.2, 0) is 7.05 Å². The van der Waals surface area contributed by atoms with Crippen molar-refractivity contribution < 1.29 is 4.74 Å². The molecule has 0 bridgehead atoms. The topological polar surface area (TPSA) is 30.3 Å². The first-order chi connectivity index (χ1) is 12.5. The van der Waals surface area contributed by atoms with Crippen LogP contribution in [0.15, 0.2) is 48.5 Å². The minimum Gasteiger partial charge on any atom is -0.497 e. The van der Waals surface area contributed by atoms with E-state index in [1.165, 1.54) is 11.3 Å². The van der Waals surface area contributed by atoms with Gasteiger partial charge in [-0.05, 0) is 60.3 Å². The van der Waals surface area contributed by atoms with Crippen molar-refractivity contribution >= 4 is 27.5 Å². The lowest BCUT2D eigenvalue weighted by atomic mass is 10.1. The van der Waals surface area contributed by atoms with Gasteiger partial charge in [0.15, 0.2) is 0 Å². The fourth-order valence-corrected chi connectivity index (χ4v) is 3.64. The van der Waals surface area contributed by atoms with Crippen molar-refractivity contribution in [1.82, 2.24) is 9.55 Å². The van der Waals surface area contributed by atoms with E-state index in [1.54, 1.807) is 7.11 Å². The van der Waals surface area contributed by atoms with Gasteiger partial charge >= 0.3 is 0 Å². The number of hydrogen-bond acceptors (Lipinski definition) is 3. The number of anilines is 1. The van der Waals surface area contributed by atoms with Crippen molar-refractivity contribution in [3.05, 3.63) is 54.1 Å². The van der Waals surface area contributed by atoms with Gasteiger partial charge in [-0.25, -0.2) is 4.98 Å². The van der Waals surface area contributed by atoms with Crippen LogP contribution in [0.2, 0.25) is 0 Å². The number of aryl methyl sites for hydroxylation is 2. The molecular formula is C22H23N3O. The fraction of sp³-hybridized carbons (Fsp3) is 0.227. The zero-order valence-electron chi connectivity index (χ0n) is 15.9. The molecule has 1 heterocycles. The Morgan fingerprint density at radius 2 is 1.81 bits per heavy atom. The zero-order valence-corrected chi connectivity index (χ0v) is 15.9. The summed E-state index contributed by atoms with van der Waals surface area (Å²) in [5.74, 6) is 1.85. The van der Waals surface area contributed by atoms with Crippen LogP contribution in [-0.4, -0.2) is 30.8 Å². The molecule has 0 radical (unpaired) electrons. The van der Waals surface area contributed by atoms with E-state index in [0.29, 0.717) is 0 Å². The Morgan fingerprint density at radius 3 is 2.50 bits per heavy atom. The van der Waals surface area contributed by atoms with E-state index in [2.05, 4.69) is 80.0 Å². The predicted octanol–water partition coefficient (Wildman–Crippen LogP) is 4.78. The van der Waals surface area contributed by atoms with E-state index in [4.69, 9.17) is 9.72 Å². The predicted molar refractivity (Wildman–Crippen MR) is 109 cm³/mol. The van der Waals surface area contributed by atoms with Crippen LogP contribution in [0.3, 0.4) is 0 Å². The average molecular weight is 345 g/mol. The van der Waals surface area contributed by atoms with Crippen LogP contribution in [0, 0.1) is 6.92 Å². The number of rotatable bonds is 3. The maximum Gasteiger partial charge on any atom is 0.140 e. The van der Waals surface area contributed by atoms with Gasteiger partial charge in [-0.2, -0.15) is 0 Å². The van der Waals surface area contributed by atoms with Crippen molar-refractivity contribution in [3.8, 4) is 17.1 Å². The summed E-state index contributed by atoms with van der Waals surface area (Å²) >= 11 is 0. The Bertz CT molecular complexity index is 1130. The van der Waals surface area contributed by atoms with Crippen LogP contribution >= 0.6 is 0 Å². The first-order valence-electron chi connectivity index (χ1n) is 8.71. The van der Waals surface area contributed by atoms with Crippen LogP contribution in [0.4, 0.5) is 5.69 Å². The van der Waals surface area contributed by atoms with Crippen molar-refractivity contribution in [2.24, 2.45) is 7.05 Å². The molecule has 26 heavy (non-hydrogen) atoms. The first kappa shape index (κ1) is 16.5. The molecule has 4 nitrogen and oxygen atoms in total. The summed E-state index contributed by atoms with van der Waals surface area (Å²) in [6.45, 7) is 2.14. The standard InChI is InChI=1S/C22H23N3O/c1-14-12-16(7-10-19(14)24(2)3)22-23-21-18-9-8-17(26-5)13-15(18)6-11-20(21)25(22)4/h6-13H,1-5H3. The van der Waals surface area contributed by atoms with Crippen LogP contribution < -0.4 is 9.64 Å². The molecule has 3 aromatic carbocycles. The molecule has 0 aliphatic rings.